The summed E-state index contributed by atoms with van der Waals surface area (Å²) in [6, 6.07) is 12.8. The van der Waals surface area contributed by atoms with Crippen molar-refractivity contribution in [2.75, 3.05) is 18.9 Å². The number of anilines is 1. The molecule has 9 nitrogen and oxygen atoms in total. The summed E-state index contributed by atoms with van der Waals surface area (Å²) in [4.78, 5) is 24.3. The lowest BCUT2D eigenvalue weighted by molar-refractivity contribution is -0.194. The van der Waals surface area contributed by atoms with E-state index in [1.807, 2.05) is 13.8 Å². The molecule has 1 heterocycles. The number of sulfonamides is 1. The fourth-order valence-corrected chi connectivity index (χ4v) is 5.08. The Hall–Kier alpha value is -2.47. The number of ether oxygens (including phenoxy) is 4. The Morgan fingerprint density at radius 1 is 1.00 bits per heavy atom. The maximum Gasteiger partial charge on any atom is 0.338 e. The highest BCUT2D eigenvalue weighted by molar-refractivity contribution is 9.09. The summed E-state index contributed by atoms with van der Waals surface area (Å²) in [5.41, 5.74) is 1.73. The number of nitrogens with one attached hydrogen (secondary N) is 1. The van der Waals surface area contributed by atoms with Gasteiger partial charge in [0.1, 0.15) is 0 Å². The fraction of sp³-hybridized carbons (Fsp3) is 0.391. The molecule has 1 aliphatic rings. The van der Waals surface area contributed by atoms with Crippen LogP contribution in [0.15, 0.2) is 53.4 Å². The SMILES string of the molecule is CC[C@H](Br)C1(c2ccc(NS(=O)(=O)c3ccc(C)cc3)cc2)O[C@@H](C(=O)OC)[C@H](C(=O)OC)O1. The first kappa shape index (κ1) is 26.1. The summed E-state index contributed by atoms with van der Waals surface area (Å²) in [7, 11) is -1.43. The molecule has 0 bridgehead atoms. The molecule has 0 saturated carbocycles. The Morgan fingerprint density at radius 2 is 1.50 bits per heavy atom. The molecule has 2 aromatic carbocycles. The van der Waals surface area contributed by atoms with Gasteiger partial charge in [-0.1, -0.05) is 52.7 Å². The smallest absolute Gasteiger partial charge is 0.338 e. The fourth-order valence-electron chi connectivity index (χ4n) is 3.54. The second kappa shape index (κ2) is 10.4. The molecule has 3 atom stereocenters. The largest absolute Gasteiger partial charge is 0.467 e. The Kier molecular flexibility index (Phi) is 8.02. The molecule has 0 spiro atoms. The zero-order valence-electron chi connectivity index (χ0n) is 19.1. The molecule has 0 unspecified atom stereocenters. The van der Waals surface area contributed by atoms with Gasteiger partial charge in [-0.05, 0) is 37.6 Å². The molecular weight excluding hydrogens is 530 g/mol. The molecular formula is C23H26BrNO8S. The number of benzene rings is 2. The van der Waals surface area contributed by atoms with Crippen molar-refractivity contribution >= 4 is 43.6 Å². The minimum absolute atomic E-state index is 0.134. The van der Waals surface area contributed by atoms with E-state index in [1.165, 1.54) is 26.4 Å². The first-order chi connectivity index (χ1) is 16.1. The number of hydrogen-bond donors (Lipinski definition) is 1. The zero-order chi connectivity index (χ0) is 25.1. The topological polar surface area (TPSA) is 117 Å². The van der Waals surface area contributed by atoms with Crippen molar-refractivity contribution in [2.45, 2.75) is 48.0 Å². The van der Waals surface area contributed by atoms with Gasteiger partial charge < -0.3 is 18.9 Å². The number of hydrogen-bond acceptors (Lipinski definition) is 8. The number of methoxy groups -OCH3 is 2. The van der Waals surface area contributed by atoms with Gasteiger partial charge in [0.2, 0.25) is 5.79 Å². The van der Waals surface area contributed by atoms with E-state index in [9.17, 15) is 18.0 Å². The molecule has 0 amide bonds. The summed E-state index contributed by atoms with van der Waals surface area (Å²) in [5.74, 6) is -3.09. The molecule has 0 aromatic heterocycles. The van der Waals surface area contributed by atoms with E-state index in [4.69, 9.17) is 18.9 Å². The van der Waals surface area contributed by atoms with Crippen LogP contribution < -0.4 is 4.72 Å². The van der Waals surface area contributed by atoms with Crippen molar-refractivity contribution in [3.05, 3.63) is 59.7 Å². The molecule has 0 radical (unpaired) electrons. The lowest BCUT2D eigenvalue weighted by Crippen LogP contribution is -2.38. The van der Waals surface area contributed by atoms with Crippen LogP contribution in [0.25, 0.3) is 0 Å². The van der Waals surface area contributed by atoms with Crippen LogP contribution in [0.2, 0.25) is 0 Å². The van der Waals surface area contributed by atoms with Gasteiger partial charge in [-0.25, -0.2) is 18.0 Å². The summed E-state index contributed by atoms with van der Waals surface area (Å²) < 4.78 is 49.5. The van der Waals surface area contributed by atoms with E-state index in [2.05, 4.69) is 20.7 Å². The first-order valence-electron chi connectivity index (χ1n) is 10.4. The van der Waals surface area contributed by atoms with Crippen LogP contribution in [0, 0.1) is 6.92 Å². The molecule has 2 aromatic rings. The lowest BCUT2D eigenvalue weighted by atomic mass is 10.0. The third-order valence-corrected chi connectivity index (χ3v) is 8.04. The van der Waals surface area contributed by atoms with Gasteiger partial charge in [0, 0.05) is 11.3 Å². The van der Waals surface area contributed by atoms with Gasteiger partial charge in [0.05, 0.1) is 23.9 Å². The summed E-state index contributed by atoms with van der Waals surface area (Å²) >= 11 is 3.53. The Bertz CT molecular complexity index is 1110. The standard InChI is InChI=1S/C23H26BrNO8S/c1-5-18(24)23(32-19(21(26)30-3)20(33-23)22(27)31-4)15-8-10-16(11-9-15)25-34(28,29)17-12-6-14(2)7-13-17/h6-13,18-20,25H,5H2,1-4H3/t18-,19+,20+/m0/s1. The summed E-state index contributed by atoms with van der Waals surface area (Å²) in [5, 5.41) is 0. The second-order valence-corrected chi connectivity index (χ2v) is 10.5. The van der Waals surface area contributed by atoms with Crippen LogP contribution in [0.5, 0.6) is 0 Å². The average molecular weight is 556 g/mol. The number of carbonyl (C=O) groups excluding carboxylic acids is 2. The average Bonchev–Trinajstić information content (AvgIpc) is 3.25. The van der Waals surface area contributed by atoms with Crippen molar-refractivity contribution in [3.63, 3.8) is 0 Å². The maximum atomic E-state index is 12.7. The van der Waals surface area contributed by atoms with Crippen LogP contribution in [-0.2, 0) is 44.3 Å². The minimum Gasteiger partial charge on any atom is -0.467 e. The highest BCUT2D eigenvalue weighted by Crippen LogP contribution is 2.45. The van der Waals surface area contributed by atoms with Gasteiger partial charge in [0.25, 0.3) is 10.0 Å². The monoisotopic (exact) mass is 555 g/mol. The molecule has 3 rings (SSSR count). The van der Waals surface area contributed by atoms with E-state index >= 15 is 0 Å². The Labute approximate surface area is 206 Å². The normalized spacial score (nSPS) is 20.4. The van der Waals surface area contributed by atoms with Crippen molar-refractivity contribution in [3.8, 4) is 0 Å². The number of rotatable bonds is 8. The molecule has 11 heteroatoms. The quantitative estimate of drug-likeness (QED) is 0.389. The van der Waals surface area contributed by atoms with Crippen LogP contribution in [0.4, 0.5) is 5.69 Å². The third-order valence-electron chi connectivity index (χ3n) is 5.39. The second-order valence-electron chi connectivity index (χ2n) is 7.66. The summed E-state index contributed by atoms with van der Waals surface area (Å²) in [6.45, 7) is 3.74. The predicted octanol–water partition coefficient (Wildman–Crippen LogP) is 3.25. The molecule has 1 saturated heterocycles. The van der Waals surface area contributed by atoms with Gasteiger partial charge in [-0.15, -0.1) is 0 Å². The molecule has 34 heavy (non-hydrogen) atoms. The van der Waals surface area contributed by atoms with Crippen molar-refractivity contribution < 1.29 is 37.0 Å². The van der Waals surface area contributed by atoms with Crippen LogP contribution >= 0.6 is 15.9 Å². The highest BCUT2D eigenvalue weighted by Gasteiger charge is 2.58. The van der Waals surface area contributed by atoms with Crippen LogP contribution in [0.1, 0.15) is 24.5 Å². The van der Waals surface area contributed by atoms with Gasteiger partial charge in [0.15, 0.2) is 12.2 Å². The number of aryl methyl sites for hydroxylation is 1. The first-order valence-corrected chi connectivity index (χ1v) is 12.8. The maximum absolute atomic E-state index is 12.7. The Morgan fingerprint density at radius 3 is 1.94 bits per heavy atom. The zero-order valence-corrected chi connectivity index (χ0v) is 21.5. The van der Waals surface area contributed by atoms with E-state index in [0.717, 1.165) is 5.56 Å². The molecule has 1 fully saturated rings. The van der Waals surface area contributed by atoms with E-state index < -0.39 is 44.8 Å². The highest BCUT2D eigenvalue weighted by atomic mass is 79.9. The van der Waals surface area contributed by atoms with E-state index in [1.54, 1.807) is 36.4 Å². The molecule has 1 aliphatic heterocycles. The van der Waals surface area contributed by atoms with Crippen LogP contribution in [-0.4, -0.2) is 51.6 Å². The van der Waals surface area contributed by atoms with Crippen molar-refractivity contribution in [1.82, 2.24) is 0 Å². The van der Waals surface area contributed by atoms with E-state index in [0.29, 0.717) is 17.7 Å². The van der Waals surface area contributed by atoms with Crippen LogP contribution in [0.3, 0.4) is 0 Å². The number of esters is 2. The van der Waals surface area contributed by atoms with Gasteiger partial charge in [-0.3, -0.25) is 4.72 Å². The Balaban J connectivity index is 1.93. The molecule has 184 valence electrons. The molecule has 1 N–H and O–H groups in total. The predicted molar refractivity (Wildman–Crippen MR) is 127 cm³/mol. The van der Waals surface area contributed by atoms with Crippen molar-refractivity contribution in [2.24, 2.45) is 0 Å². The van der Waals surface area contributed by atoms with E-state index in [-0.39, 0.29) is 4.90 Å². The number of carbonyl (C=O) groups is 2. The van der Waals surface area contributed by atoms with Gasteiger partial charge >= 0.3 is 11.9 Å². The third kappa shape index (κ3) is 5.12. The molecule has 0 aliphatic carbocycles. The lowest BCUT2D eigenvalue weighted by Gasteiger charge is -2.32. The minimum atomic E-state index is -3.79. The van der Waals surface area contributed by atoms with Gasteiger partial charge in [-0.2, -0.15) is 0 Å². The number of halogens is 1. The van der Waals surface area contributed by atoms with Crippen molar-refractivity contribution in [1.29, 1.82) is 0 Å². The number of alkyl halides is 1. The summed E-state index contributed by atoms with van der Waals surface area (Å²) in [6.07, 6.45) is -2.17.